The minimum absolute atomic E-state index is 0.256. The Morgan fingerprint density at radius 2 is 1.94 bits per heavy atom. The SMILES string of the molecule is CNC(=O)C(Cl)c1ccc(OC)c(OC)c1. The van der Waals surface area contributed by atoms with Gasteiger partial charge in [0.1, 0.15) is 5.38 Å². The summed E-state index contributed by atoms with van der Waals surface area (Å²) in [5.41, 5.74) is 0.665. The van der Waals surface area contributed by atoms with Gasteiger partial charge in [-0.15, -0.1) is 11.6 Å². The molecule has 1 amide bonds. The minimum Gasteiger partial charge on any atom is -0.493 e. The number of benzene rings is 1. The Morgan fingerprint density at radius 1 is 1.31 bits per heavy atom. The van der Waals surface area contributed by atoms with Crippen LogP contribution in [0.1, 0.15) is 10.9 Å². The zero-order valence-electron chi connectivity index (χ0n) is 9.41. The molecule has 0 aliphatic carbocycles. The van der Waals surface area contributed by atoms with E-state index in [2.05, 4.69) is 5.32 Å². The van der Waals surface area contributed by atoms with Crippen molar-refractivity contribution < 1.29 is 14.3 Å². The molecule has 0 bridgehead atoms. The maximum atomic E-state index is 11.4. The number of likely N-dealkylation sites (N-methyl/N-ethyl adjacent to an activating group) is 1. The molecule has 1 aromatic rings. The highest BCUT2D eigenvalue weighted by atomic mass is 35.5. The van der Waals surface area contributed by atoms with Crippen molar-refractivity contribution in [1.29, 1.82) is 0 Å². The van der Waals surface area contributed by atoms with E-state index in [1.165, 1.54) is 7.11 Å². The first kappa shape index (κ1) is 12.6. The molecule has 0 fully saturated rings. The molecule has 0 aliphatic heterocycles. The van der Waals surface area contributed by atoms with Gasteiger partial charge < -0.3 is 14.8 Å². The van der Waals surface area contributed by atoms with Crippen molar-refractivity contribution in [3.63, 3.8) is 0 Å². The fraction of sp³-hybridized carbons (Fsp3) is 0.364. The van der Waals surface area contributed by atoms with E-state index in [-0.39, 0.29) is 5.91 Å². The van der Waals surface area contributed by atoms with E-state index < -0.39 is 5.38 Å². The Bertz CT molecular complexity index is 381. The van der Waals surface area contributed by atoms with Gasteiger partial charge in [-0.3, -0.25) is 4.79 Å². The monoisotopic (exact) mass is 243 g/mol. The van der Waals surface area contributed by atoms with Crippen molar-refractivity contribution >= 4 is 17.5 Å². The van der Waals surface area contributed by atoms with Gasteiger partial charge in [0, 0.05) is 7.05 Å². The van der Waals surface area contributed by atoms with E-state index in [4.69, 9.17) is 21.1 Å². The molecule has 88 valence electrons. The second kappa shape index (κ2) is 5.61. The zero-order chi connectivity index (χ0) is 12.1. The fourth-order valence-electron chi connectivity index (χ4n) is 1.29. The van der Waals surface area contributed by atoms with Crippen LogP contribution in [0.4, 0.5) is 0 Å². The molecule has 0 spiro atoms. The molecule has 1 rings (SSSR count). The van der Waals surface area contributed by atoms with Crippen molar-refractivity contribution in [2.75, 3.05) is 21.3 Å². The van der Waals surface area contributed by atoms with Gasteiger partial charge in [0.05, 0.1) is 14.2 Å². The van der Waals surface area contributed by atoms with Crippen LogP contribution in [0.2, 0.25) is 0 Å². The summed E-state index contributed by atoms with van der Waals surface area (Å²) >= 11 is 5.97. The zero-order valence-corrected chi connectivity index (χ0v) is 10.2. The molecule has 1 aromatic carbocycles. The Kier molecular flexibility index (Phi) is 4.43. The topological polar surface area (TPSA) is 47.6 Å². The van der Waals surface area contributed by atoms with E-state index in [1.54, 1.807) is 32.4 Å². The number of hydrogen-bond acceptors (Lipinski definition) is 3. The van der Waals surface area contributed by atoms with Crippen molar-refractivity contribution in [3.05, 3.63) is 23.8 Å². The number of amides is 1. The molecule has 1 N–H and O–H groups in total. The number of ether oxygens (including phenoxy) is 2. The van der Waals surface area contributed by atoms with Gasteiger partial charge in [-0.25, -0.2) is 0 Å². The number of carbonyl (C=O) groups is 1. The molecule has 0 aliphatic rings. The first-order valence-corrected chi connectivity index (χ1v) is 5.15. The van der Waals surface area contributed by atoms with Crippen LogP contribution in [0.3, 0.4) is 0 Å². The highest BCUT2D eigenvalue weighted by Crippen LogP contribution is 2.31. The van der Waals surface area contributed by atoms with Crippen LogP contribution >= 0.6 is 11.6 Å². The van der Waals surface area contributed by atoms with Gasteiger partial charge >= 0.3 is 0 Å². The van der Waals surface area contributed by atoms with Gasteiger partial charge in [-0.05, 0) is 17.7 Å². The maximum absolute atomic E-state index is 11.4. The average Bonchev–Trinajstić information content (AvgIpc) is 2.35. The molecular weight excluding hydrogens is 230 g/mol. The van der Waals surface area contributed by atoms with Crippen molar-refractivity contribution in [3.8, 4) is 11.5 Å². The summed E-state index contributed by atoms with van der Waals surface area (Å²) in [5.74, 6) is 0.899. The van der Waals surface area contributed by atoms with Crippen LogP contribution in [-0.4, -0.2) is 27.2 Å². The van der Waals surface area contributed by atoms with Crippen molar-refractivity contribution in [2.45, 2.75) is 5.38 Å². The molecule has 1 atom stereocenters. The Balaban J connectivity index is 3.03. The third-order valence-electron chi connectivity index (χ3n) is 2.18. The smallest absolute Gasteiger partial charge is 0.242 e. The number of carbonyl (C=O) groups excluding carboxylic acids is 1. The number of nitrogens with one attached hydrogen (secondary N) is 1. The summed E-state index contributed by atoms with van der Waals surface area (Å²) in [6.45, 7) is 0. The van der Waals surface area contributed by atoms with E-state index in [0.717, 1.165) is 0 Å². The van der Waals surface area contributed by atoms with Gasteiger partial charge in [-0.2, -0.15) is 0 Å². The predicted molar refractivity (Wildman–Crippen MR) is 62.2 cm³/mol. The quantitative estimate of drug-likeness (QED) is 0.820. The van der Waals surface area contributed by atoms with Crippen molar-refractivity contribution in [1.82, 2.24) is 5.32 Å². The average molecular weight is 244 g/mol. The summed E-state index contributed by atoms with van der Waals surface area (Å²) in [6.07, 6.45) is 0. The van der Waals surface area contributed by atoms with Gasteiger partial charge in [0.15, 0.2) is 11.5 Å². The number of methoxy groups -OCH3 is 2. The van der Waals surface area contributed by atoms with E-state index >= 15 is 0 Å². The fourth-order valence-corrected chi connectivity index (χ4v) is 1.53. The maximum Gasteiger partial charge on any atom is 0.242 e. The second-order valence-corrected chi connectivity index (χ2v) is 3.53. The lowest BCUT2D eigenvalue weighted by molar-refractivity contribution is -0.120. The summed E-state index contributed by atoms with van der Waals surface area (Å²) in [6, 6.07) is 5.13. The standard InChI is InChI=1S/C11H14ClNO3/c1-13-11(14)10(12)7-4-5-8(15-2)9(6-7)16-3/h4-6,10H,1-3H3,(H,13,14). The second-order valence-electron chi connectivity index (χ2n) is 3.09. The number of alkyl halides is 1. The van der Waals surface area contributed by atoms with E-state index in [0.29, 0.717) is 17.1 Å². The van der Waals surface area contributed by atoms with Crippen LogP contribution in [0.15, 0.2) is 18.2 Å². The van der Waals surface area contributed by atoms with Crippen LogP contribution < -0.4 is 14.8 Å². The van der Waals surface area contributed by atoms with Crippen LogP contribution in [-0.2, 0) is 4.79 Å². The van der Waals surface area contributed by atoms with Crippen LogP contribution in [0.25, 0.3) is 0 Å². The normalized spacial score (nSPS) is 11.8. The summed E-state index contributed by atoms with van der Waals surface area (Å²) in [4.78, 5) is 11.4. The van der Waals surface area contributed by atoms with Gasteiger partial charge in [0.25, 0.3) is 0 Å². The number of halogens is 1. The summed E-state index contributed by atoms with van der Waals surface area (Å²) < 4.78 is 10.2. The molecule has 1 unspecified atom stereocenters. The molecule has 0 heterocycles. The molecule has 0 aromatic heterocycles. The molecule has 0 saturated heterocycles. The predicted octanol–water partition coefficient (Wildman–Crippen LogP) is 1.73. The Morgan fingerprint density at radius 3 is 2.44 bits per heavy atom. The first-order chi connectivity index (χ1) is 7.63. The third kappa shape index (κ3) is 2.58. The highest BCUT2D eigenvalue weighted by Gasteiger charge is 2.17. The Labute approximate surface area is 99.5 Å². The lowest BCUT2D eigenvalue weighted by atomic mass is 10.1. The molecule has 0 saturated carbocycles. The van der Waals surface area contributed by atoms with Crippen LogP contribution in [0, 0.1) is 0 Å². The molecule has 5 heteroatoms. The molecule has 4 nitrogen and oxygen atoms in total. The number of hydrogen-bond donors (Lipinski definition) is 1. The third-order valence-corrected chi connectivity index (χ3v) is 2.63. The Hall–Kier alpha value is -1.42. The largest absolute Gasteiger partial charge is 0.493 e. The molecule has 16 heavy (non-hydrogen) atoms. The summed E-state index contributed by atoms with van der Waals surface area (Å²) in [5, 5.41) is 1.75. The first-order valence-electron chi connectivity index (χ1n) is 4.71. The van der Waals surface area contributed by atoms with Crippen molar-refractivity contribution in [2.24, 2.45) is 0 Å². The van der Waals surface area contributed by atoms with E-state index in [9.17, 15) is 4.79 Å². The van der Waals surface area contributed by atoms with Gasteiger partial charge in [-0.1, -0.05) is 6.07 Å². The minimum atomic E-state index is -0.732. The molecular formula is C11H14ClNO3. The van der Waals surface area contributed by atoms with Gasteiger partial charge in [0.2, 0.25) is 5.91 Å². The summed E-state index contributed by atoms with van der Waals surface area (Å²) in [7, 11) is 4.62. The number of rotatable bonds is 4. The lowest BCUT2D eigenvalue weighted by Crippen LogP contribution is -2.22. The van der Waals surface area contributed by atoms with E-state index in [1.807, 2.05) is 0 Å². The molecule has 0 radical (unpaired) electrons. The highest BCUT2D eigenvalue weighted by molar-refractivity contribution is 6.30. The lowest BCUT2D eigenvalue weighted by Gasteiger charge is -2.12. The van der Waals surface area contributed by atoms with Crippen LogP contribution in [0.5, 0.6) is 11.5 Å².